The Morgan fingerprint density at radius 1 is 1.12 bits per heavy atom. The summed E-state index contributed by atoms with van der Waals surface area (Å²) in [6, 6.07) is 6.64. The van der Waals surface area contributed by atoms with Crippen LogP contribution in [0.15, 0.2) is 24.3 Å². The number of hydrogen-bond acceptors (Lipinski definition) is 3. The van der Waals surface area contributed by atoms with Crippen molar-refractivity contribution < 1.29 is 14.0 Å². The van der Waals surface area contributed by atoms with E-state index in [-0.39, 0.29) is 29.5 Å². The zero-order valence-electron chi connectivity index (χ0n) is 14.5. The van der Waals surface area contributed by atoms with Gasteiger partial charge in [-0.2, -0.15) is 0 Å². The molecule has 6 heteroatoms. The Morgan fingerprint density at radius 2 is 1.88 bits per heavy atom. The molecule has 2 aliphatic heterocycles. The van der Waals surface area contributed by atoms with Crippen molar-refractivity contribution in [2.45, 2.75) is 32.2 Å². The maximum atomic E-state index is 13.3. The highest BCUT2D eigenvalue weighted by atomic mass is 19.1. The molecule has 0 bridgehead atoms. The van der Waals surface area contributed by atoms with Crippen LogP contribution >= 0.6 is 0 Å². The zero-order chi connectivity index (χ0) is 17.8. The second-order valence-electron chi connectivity index (χ2n) is 7.21. The topological polar surface area (TPSA) is 66.6 Å². The smallest absolute Gasteiger partial charge is 0.226 e. The molecular formula is C19H26FN3O2. The number of benzene rings is 1. The number of carbonyl (C=O) groups is 2. The van der Waals surface area contributed by atoms with Crippen LogP contribution in [-0.4, -0.2) is 47.8 Å². The van der Waals surface area contributed by atoms with Crippen LogP contribution < -0.4 is 5.73 Å². The number of nitrogens with two attached hydrogens (primary N) is 1. The molecule has 25 heavy (non-hydrogen) atoms. The third-order valence-corrected chi connectivity index (χ3v) is 5.36. The molecule has 2 N–H and O–H groups in total. The van der Waals surface area contributed by atoms with Gasteiger partial charge in [-0.3, -0.25) is 14.5 Å². The Morgan fingerprint density at radius 3 is 2.56 bits per heavy atom. The van der Waals surface area contributed by atoms with Crippen LogP contribution in [0.25, 0.3) is 0 Å². The first-order valence-electron chi connectivity index (χ1n) is 9.08. The second kappa shape index (κ2) is 7.95. The number of amides is 2. The first kappa shape index (κ1) is 17.9. The monoisotopic (exact) mass is 347 g/mol. The number of halogens is 1. The molecule has 2 saturated heterocycles. The predicted molar refractivity (Wildman–Crippen MR) is 92.9 cm³/mol. The molecule has 1 aromatic carbocycles. The molecule has 0 aliphatic carbocycles. The molecule has 3 rings (SSSR count). The lowest BCUT2D eigenvalue weighted by Crippen LogP contribution is -2.48. The van der Waals surface area contributed by atoms with Crippen LogP contribution in [0.3, 0.4) is 0 Å². The van der Waals surface area contributed by atoms with Crippen LogP contribution in [0.1, 0.15) is 31.2 Å². The summed E-state index contributed by atoms with van der Waals surface area (Å²) >= 11 is 0. The van der Waals surface area contributed by atoms with E-state index in [2.05, 4.69) is 4.90 Å². The molecule has 1 atom stereocenters. The van der Waals surface area contributed by atoms with Crippen LogP contribution in [0.2, 0.25) is 0 Å². The Kier molecular flexibility index (Phi) is 5.68. The van der Waals surface area contributed by atoms with Crippen molar-refractivity contribution in [2.75, 3.05) is 26.2 Å². The van der Waals surface area contributed by atoms with Crippen molar-refractivity contribution >= 4 is 11.8 Å². The van der Waals surface area contributed by atoms with Gasteiger partial charge in [0.05, 0.1) is 5.92 Å². The van der Waals surface area contributed by atoms with Gasteiger partial charge in [-0.25, -0.2) is 4.39 Å². The fourth-order valence-electron chi connectivity index (χ4n) is 3.94. The largest absolute Gasteiger partial charge is 0.369 e. The SMILES string of the molecule is NC(=O)C1CCN(C(=O)C2CCCN(Cc3cccc(F)c3)C2)CC1. The predicted octanol–water partition coefficient (Wildman–Crippen LogP) is 1.76. The van der Waals surface area contributed by atoms with E-state index in [1.54, 1.807) is 12.1 Å². The van der Waals surface area contributed by atoms with E-state index in [9.17, 15) is 14.0 Å². The van der Waals surface area contributed by atoms with Gasteiger partial charge in [0.1, 0.15) is 5.82 Å². The highest BCUT2D eigenvalue weighted by Gasteiger charge is 2.32. The molecule has 2 amide bonds. The molecule has 2 heterocycles. The molecule has 0 radical (unpaired) electrons. The van der Waals surface area contributed by atoms with E-state index in [0.717, 1.165) is 24.9 Å². The summed E-state index contributed by atoms with van der Waals surface area (Å²) in [6.07, 6.45) is 3.21. The summed E-state index contributed by atoms with van der Waals surface area (Å²) in [7, 11) is 0. The molecule has 0 saturated carbocycles. The lowest BCUT2D eigenvalue weighted by molar-refractivity contribution is -0.140. The number of likely N-dealkylation sites (tertiary alicyclic amines) is 2. The standard InChI is InChI=1S/C19H26FN3O2/c20-17-5-1-3-14(11-17)12-22-8-2-4-16(13-22)19(25)23-9-6-15(7-10-23)18(21)24/h1,3,5,11,15-16H,2,4,6-10,12-13H2,(H2,21,24). The first-order chi connectivity index (χ1) is 12.0. The summed E-state index contributed by atoms with van der Waals surface area (Å²) in [4.78, 5) is 28.2. The van der Waals surface area contributed by atoms with Gasteiger partial charge in [-0.05, 0) is 49.9 Å². The lowest BCUT2D eigenvalue weighted by atomic mass is 9.92. The second-order valence-corrected chi connectivity index (χ2v) is 7.21. The number of carbonyl (C=O) groups excluding carboxylic acids is 2. The van der Waals surface area contributed by atoms with E-state index >= 15 is 0 Å². The Balaban J connectivity index is 1.54. The summed E-state index contributed by atoms with van der Waals surface area (Å²) in [5.41, 5.74) is 6.30. The third-order valence-electron chi connectivity index (χ3n) is 5.36. The molecular weight excluding hydrogens is 321 g/mol. The van der Waals surface area contributed by atoms with Crippen molar-refractivity contribution in [3.8, 4) is 0 Å². The van der Waals surface area contributed by atoms with E-state index in [4.69, 9.17) is 5.73 Å². The molecule has 5 nitrogen and oxygen atoms in total. The Bertz CT molecular complexity index is 629. The average Bonchev–Trinajstić information content (AvgIpc) is 2.61. The van der Waals surface area contributed by atoms with Crippen LogP contribution in [0.5, 0.6) is 0 Å². The summed E-state index contributed by atoms with van der Waals surface area (Å²) in [5.74, 6) is -0.398. The van der Waals surface area contributed by atoms with Gasteiger partial charge >= 0.3 is 0 Å². The molecule has 136 valence electrons. The van der Waals surface area contributed by atoms with Crippen LogP contribution in [-0.2, 0) is 16.1 Å². The van der Waals surface area contributed by atoms with E-state index < -0.39 is 0 Å². The number of primary amides is 1. The minimum atomic E-state index is -0.258. The molecule has 0 aromatic heterocycles. The average molecular weight is 347 g/mol. The summed E-state index contributed by atoms with van der Waals surface area (Å²) in [5, 5.41) is 0. The number of rotatable bonds is 4. The van der Waals surface area contributed by atoms with Gasteiger partial charge in [0.2, 0.25) is 11.8 Å². The molecule has 0 spiro atoms. The van der Waals surface area contributed by atoms with Crippen molar-refractivity contribution in [2.24, 2.45) is 17.6 Å². The first-order valence-corrected chi connectivity index (χ1v) is 9.08. The summed E-state index contributed by atoms with van der Waals surface area (Å²) in [6.45, 7) is 3.56. The van der Waals surface area contributed by atoms with E-state index in [1.807, 2.05) is 11.0 Å². The van der Waals surface area contributed by atoms with Gasteiger partial charge in [0, 0.05) is 32.1 Å². The van der Waals surface area contributed by atoms with Crippen LogP contribution in [0.4, 0.5) is 4.39 Å². The van der Waals surface area contributed by atoms with Crippen molar-refractivity contribution in [3.63, 3.8) is 0 Å². The van der Waals surface area contributed by atoms with Crippen molar-refractivity contribution in [3.05, 3.63) is 35.6 Å². The van der Waals surface area contributed by atoms with Gasteiger partial charge in [-0.1, -0.05) is 12.1 Å². The number of piperidine rings is 2. The van der Waals surface area contributed by atoms with Gasteiger partial charge in [0.25, 0.3) is 0 Å². The highest BCUT2D eigenvalue weighted by Crippen LogP contribution is 2.24. The zero-order valence-corrected chi connectivity index (χ0v) is 14.5. The maximum absolute atomic E-state index is 13.3. The minimum absolute atomic E-state index is 0.00700. The third kappa shape index (κ3) is 4.57. The van der Waals surface area contributed by atoms with E-state index in [1.165, 1.54) is 6.07 Å². The lowest BCUT2D eigenvalue weighted by Gasteiger charge is -2.37. The minimum Gasteiger partial charge on any atom is -0.369 e. The van der Waals surface area contributed by atoms with Crippen molar-refractivity contribution in [1.29, 1.82) is 0 Å². The molecule has 2 aliphatic rings. The summed E-state index contributed by atoms with van der Waals surface area (Å²) < 4.78 is 13.3. The number of hydrogen-bond donors (Lipinski definition) is 1. The van der Waals surface area contributed by atoms with Crippen molar-refractivity contribution in [1.82, 2.24) is 9.80 Å². The fourth-order valence-corrected chi connectivity index (χ4v) is 3.94. The highest BCUT2D eigenvalue weighted by molar-refractivity contribution is 5.80. The maximum Gasteiger partial charge on any atom is 0.226 e. The molecule has 1 unspecified atom stereocenters. The fraction of sp³-hybridized carbons (Fsp3) is 0.579. The quantitative estimate of drug-likeness (QED) is 0.902. The van der Waals surface area contributed by atoms with Crippen LogP contribution in [0, 0.1) is 17.7 Å². The Hall–Kier alpha value is -1.95. The molecule has 2 fully saturated rings. The van der Waals surface area contributed by atoms with E-state index in [0.29, 0.717) is 39.0 Å². The molecule has 1 aromatic rings. The number of nitrogens with zero attached hydrogens (tertiary/aromatic N) is 2. The normalized spacial score (nSPS) is 22.8. The van der Waals surface area contributed by atoms with Gasteiger partial charge < -0.3 is 10.6 Å². The van der Waals surface area contributed by atoms with Gasteiger partial charge in [0.15, 0.2) is 0 Å². The van der Waals surface area contributed by atoms with Gasteiger partial charge in [-0.15, -0.1) is 0 Å². The Labute approximate surface area is 148 Å².